The van der Waals surface area contributed by atoms with Gasteiger partial charge < -0.3 is 4.74 Å². The van der Waals surface area contributed by atoms with Gasteiger partial charge in [-0.1, -0.05) is 18.6 Å². The van der Waals surface area contributed by atoms with Crippen LogP contribution in [0.3, 0.4) is 0 Å². The molecule has 0 radical (unpaired) electrons. The first-order valence-corrected chi connectivity index (χ1v) is 11.8. The Hall–Kier alpha value is -2.38. The summed E-state index contributed by atoms with van der Waals surface area (Å²) in [4.78, 5) is 29.2. The summed E-state index contributed by atoms with van der Waals surface area (Å²) in [6.07, 6.45) is 3.70. The summed E-state index contributed by atoms with van der Waals surface area (Å²) >= 11 is 1.51. The number of aryl methyl sites for hydroxylation is 1. The second kappa shape index (κ2) is 9.83. The van der Waals surface area contributed by atoms with Crippen molar-refractivity contribution in [1.82, 2.24) is 4.90 Å². The van der Waals surface area contributed by atoms with Gasteiger partial charge in [-0.15, -0.1) is 11.8 Å². The van der Waals surface area contributed by atoms with Crippen LogP contribution in [0.2, 0.25) is 0 Å². The van der Waals surface area contributed by atoms with Gasteiger partial charge in [-0.2, -0.15) is 0 Å². The van der Waals surface area contributed by atoms with E-state index in [0.717, 1.165) is 36.4 Å². The number of nitrogens with zero attached hydrogens (tertiary/aromatic N) is 2. The van der Waals surface area contributed by atoms with E-state index in [1.165, 1.54) is 43.2 Å². The lowest BCUT2D eigenvalue weighted by molar-refractivity contribution is -0.115. The van der Waals surface area contributed by atoms with Crippen molar-refractivity contribution >= 4 is 29.3 Å². The number of carbonyl (C=O) groups excluding carboxylic acids is 2. The van der Waals surface area contributed by atoms with Crippen molar-refractivity contribution in [3.05, 3.63) is 65.0 Å². The first-order chi connectivity index (χ1) is 15.0. The van der Waals surface area contributed by atoms with Crippen LogP contribution in [0.5, 0.6) is 0 Å². The van der Waals surface area contributed by atoms with Crippen LogP contribution in [0.1, 0.15) is 46.1 Å². The topological polar surface area (TPSA) is 49.9 Å². The molecule has 7 heteroatoms. The SMILES string of the molecule is Cc1cc(C(=O)OCCN2CCCCC2)ccc1N1C(=O)CSC1c1ccc(F)cc1. The normalized spacial score (nSPS) is 19.6. The molecule has 5 nitrogen and oxygen atoms in total. The number of amides is 1. The molecular formula is C24H27FN2O3S. The summed E-state index contributed by atoms with van der Waals surface area (Å²) in [5.41, 5.74) is 2.94. The van der Waals surface area contributed by atoms with E-state index in [4.69, 9.17) is 4.74 Å². The van der Waals surface area contributed by atoms with Crippen molar-refractivity contribution < 1.29 is 18.7 Å². The average molecular weight is 443 g/mol. The average Bonchev–Trinajstić information content (AvgIpc) is 3.16. The zero-order chi connectivity index (χ0) is 21.8. The van der Waals surface area contributed by atoms with Crippen molar-refractivity contribution in [1.29, 1.82) is 0 Å². The zero-order valence-electron chi connectivity index (χ0n) is 17.7. The number of benzene rings is 2. The van der Waals surface area contributed by atoms with Gasteiger partial charge in [0, 0.05) is 12.2 Å². The molecule has 31 heavy (non-hydrogen) atoms. The molecular weight excluding hydrogens is 415 g/mol. The highest BCUT2D eigenvalue weighted by Crippen LogP contribution is 2.42. The third-order valence-corrected chi connectivity index (χ3v) is 7.02. The summed E-state index contributed by atoms with van der Waals surface area (Å²) in [6, 6.07) is 11.5. The molecule has 1 amide bonds. The molecule has 2 aliphatic rings. The number of hydrogen-bond donors (Lipinski definition) is 0. The molecule has 164 valence electrons. The molecule has 0 aliphatic carbocycles. The fourth-order valence-electron chi connectivity index (χ4n) is 4.14. The Bertz CT molecular complexity index is 944. The molecule has 2 saturated heterocycles. The summed E-state index contributed by atoms with van der Waals surface area (Å²) < 4.78 is 18.8. The molecule has 2 aromatic carbocycles. The minimum atomic E-state index is -0.344. The van der Waals surface area contributed by atoms with Gasteiger partial charge in [-0.05, 0) is 74.3 Å². The molecule has 4 rings (SSSR count). The first-order valence-electron chi connectivity index (χ1n) is 10.7. The Morgan fingerprint density at radius 2 is 1.87 bits per heavy atom. The van der Waals surface area contributed by atoms with Crippen LogP contribution in [0.4, 0.5) is 10.1 Å². The lowest BCUT2D eigenvalue weighted by atomic mass is 10.1. The van der Waals surface area contributed by atoms with Crippen LogP contribution in [-0.4, -0.2) is 48.8 Å². The zero-order valence-corrected chi connectivity index (χ0v) is 18.5. The predicted molar refractivity (Wildman–Crippen MR) is 121 cm³/mol. The standard InChI is InChI=1S/C24H27FN2O3S/c1-17-15-19(24(29)30-14-13-26-11-3-2-4-12-26)7-10-21(17)27-22(28)16-31-23(27)18-5-8-20(25)9-6-18/h5-10,15,23H,2-4,11-14,16H2,1H3. The Morgan fingerprint density at radius 3 is 2.58 bits per heavy atom. The summed E-state index contributed by atoms with van der Waals surface area (Å²) in [5, 5.41) is -0.214. The Labute approximate surface area is 186 Å². The number of esters is 1. The van der Waals surface area contributed by atoms with E-state index < -0.39 is 0 Å². The molecule has 2 aromatic rings. The maximum absolute atomic E-state index is 13.3. The molecule has 0 saturated carbocycles. The van der Waals surface area contributed by atoms with Crippen molar-refractivity contribution in [2.24, 2.45) is 0 Å². The van der Waals surface area contributed by atoms with Crippen LogP contribution < -0.4 is 4.90 Å². The van der Waals surface area contributed by atoms with E-state index in [2.05, 4.69) is 4.90 Å². The number of thioether (sulfide) groups is 1. The number of ether oxygens (including phenoxy) is 1. The summed E-state index contributed by atoms with van der Waals surface area (Å²) in [6.45, 7) is 5.18. The smallest absolute Gasteiger partial charge is 0.338 e. The van der Waals surface area contributed by atoms with Gasteiger partial charge >= 0.3 is 5.97 Å². The second-order valence-corrected chi connectivity index (χ2v) is 9.09. The fourth-order valence-corrected chi connectivity index (χ4v) is 5.31. The molecule has 1 unspecified atom stereocenters. The molecule has 2 heterocycles. The van der Waals surface area contributed by atoms with Crippen LogP contribution in [0.25, 0.3) is 0 Å². The number of piperidine rings is 1. The summed E-state index contributed by atoms with van der Waals surface area (Å²) in [5.74, 6) is -0.283. The number of anilines is 1. The van der Waals surface area contributed by atoms with Gasteiger partial charge in [0.05, 0.1) is 11.3 Å². The largest absolute Gasteiger partial charge is 0.461 e. The van der Waals surface area contributed by atoms with Gasteiger partial charge in [0.25, 0.3) is 0 Å². The minimum Gasteiger partial charge on any atom is -0.461 e. The van der Waals surface area contributed by atoms with Gasteiger partial charge in [0.2, 0.25) is 5.91 Å². The minimum absolute atomic E-state index is 0.000664. The number of hydrogen-bond acceptors (Lipinski definition) is 5. The predicted octanol–water partition coefficient (Wildman–Crippen LogP) is 4.56. The fraction of sp³-hybridized carbons (Fsp3) is 0.417. The van der Waals surface area contributed by atoms with E-state index in [0.29, 0.717) is 17.9 Å². The second-order valence-electron chi connectivity index (χ2n) is 8.02. The maximum atomic E-state index is 13.3. The molecule has 0 bridgehead atoms. The van der Waals surface area contributed by atoms with Crippen LogP contribution >= 0.6 is 11.8 Å². The summed E-state index contributed by atoms with van der Waals surface area (Å²) in [7, 11) is 0. The molecule has 1 atom stereocenters. The van der Waals surface area contributed by atoms with Gasteiger partial charge in [0.1, 0.15) is 17.8 Å². The maximum Gasteiger partial charge on any atom is 0.338 e. The molecule has 2 aliphatic heterocycles. The third kappa shape index (κ3) is 5.10. The van der Waals surface area contributed by atoms with Crippen LogP contribution in [0, 0.1) is 12.7 Å². The third-order valence-electron chi connectivity index (χ3n) is 5.80. The molecule has 0 spiro atoms. The first kappa shape index (κ1) is 21.8. The molecule has 0 aromatic heterocycles. The number of halogens is 1. The van der Waals surface area contributed by atoms with E-state index in [1.54, 1.807) is 35.2 Å². The Balaban J connectivity index is 1.44. The van der Waals surface area contributed by atoms with E-state index in [1.807, 2.05) is 6.92 Å². The van der Waals surface area contributed by atoms with E-state index >= 15 is 0 Å². The lowest BCUT2D eigenvalue weighted by Gasteiger charge is -2.26. The van der Waals surface area contributed by atoms with Crippen LogP contribution in [-0.2, 0) is 9.53 Å². The van der Waals surface area contributed by atoms with Crippen LogP contribution in [0.15, 0.2) is 42.5 Å². The highest BCUT2D eigenvalue weighted by molar-refractivity contribution is 8.00. The molecule has 0 N–H and O–H groups in total. The van der Waals surface area contributed by atoms with Crippen molar-refractivity contribution in [3.63, 3.8) is 0 Å². The highest BCUT2D eigenvalue weighted by atomic mass is 32.2. The van der Waals surface area contributed by atoms with E-state index in [9.17, 15) is 14.0 Å². The van der Waals surface area contributed by atoms with Crippen molar-refractivity contribution in [2.45, 2.75) is 31.6 Å². The van der Waals surface area contributed by atoms with Crippen molar-refractivity contribution in [2.75, 3.05) is 36.9 Å². The Kier molecular flexibility index (Phi) is 6.92. The lowest BCUT2D eigenvalue weighted by Crippen LogP contribution is -2.33. The Morgan fingerprint density at radius 1 is 1.13 bits per heavy atom. The van der Waals surface area contributed by atoms with Gasteiger partial charge in [0.15, 0.2) is 0 Å². The monoisotopic (exact) mass is 442 g/mol. The van der Waals surface area contributed by atoms with Gasteiger partial charge in [-0.3, -0.25) is 14.6 Å². The number of rotatable bonds is 6. The van der Waals surface area contributed by atoms with E-state index in [-0.39, 0.29) is 23.1 Å². The molecule has 2 fully saturated rings. The van der Waals surface area contributed by atoms with Gasteiger partial charge in [-0.25, -0.2) is 9.18 Å². The quantitative estimate of drug-likeness (QED) is 0.614. The van der Waals surface area contributed by atoms with Crippen molar-refractivity contribution in [3.8, 4) is 0 Å². The highest BCUT2D eigenvalue weighted by Gasteiger charge is 2.35. The number of likely N-dealkylation sites (tertiary alicyclic amines) is 1. The number of carbonyl (C=O) groups is 2.